The Morgan fingerprint density at radius 1 is 0.846 bits per heavy atom. The average Bonchev–Trinajstić information content (AvgIpc) is 3.33. The molecule has 1 heterocycles. The molecule has 0 aliphatic heterocycles. The molecule has 5 nitrogen and oxygen atoms in total. The Morgan fingerprint density at radius 2 is 1.54 bits per heavy atom. The lowest BCUT2D eigenvalue weighted by atomic mass is 10.1. The first-order valence-corrected chi connectivity index (χ1v) is 8.66. The standard InChI is InChI=1S/C21H22N2O3/c1-24-19-9-8-17(20(25-2)21(19)26-3)18-10-11-23(22-18)16-12-14-6-4-5-7-15(14)13-16/h4-11,16H,12-13H2,1-3H3. The molecule has 0 radical (unpaired) electrons. The Labute approximate surface area is 153 Å². The molecule has 0 N–H and O–H groups in total. The van der Waals surface area contributed by atoms with Crippen LogP contribution < -0.4 is 14.2 Å². The van der Waals surface area contributed by atoms with Crippen LogP contribution in [0.15, 0.2) is 48.7 Å². The number of ether oxygens (including phenoxy) is 3. The zero-order valence-corrected chi connectivity index (χ0v) is 15.2. The van der Waals surface area contributed by atoms with Crippen LogP contribution in [0.2, 0.25) is 0 Å². The first-order chi connectivity index (χ1) is 12.7. The number of fused-ring (bicyclic) bond motifs is 1. The van der Waals surface area contributed by atoms with Gasteiger partial charge in [-0.25, -0.2) is 0 Å². The Bertz CT molecular complexity index is 908. The van der Waals surface area contributed by atoms with Crippen molar-refractivity contribution in [2.24, 2.45) is 0 Å². The molecule has 0 unspecified atom stereocenters. The van der Waals surface area contributed by atoms with Crippen molar-refractivity contribution in [1.29, 1.82) is 0 Å². The summed E-state index contributed by atoms with van der Waals surface area (Å²) in [5, 5.41) is 4.83. The van der Waals surface area contributed by atoms with Crippen molar-refractivity contribution in [2.45, 2.75) is 18.9 Å². The summed E-state index contributed by atoms with van der Waals surface area (Å²) in [5.74, 6) is 1.85. The molecule has 3 aromatic rings. The van der Waals surface area contributed by atoms with Gasteiger partial charge in [-0.05, 0) is 42.2 Å². The Kier molecular flexibility index (Phi) is 4.29. The van der Waals surface area contributed by atoms with Crippen LogP contribution in [-0.4, -0.2) is 31.1 Å². The van der Waals surface area contributed by atoms with E-state index in [2.05, 4.69) is 28.9 Å². The Balaban J connectivity index is 1.67. The number of aromatic nitrogens is 2. The van der Waals surface area contributed by atoms with Crippen LogP contribution >= 0.6 is 0 Å². The van der Waals surface area contributed by atoms with E-state index in [1.54, 1.807) is 21.3 Å². The summed E-state index contributed by atoms with van der Waals surface area (Å²) in [6, 6.07) is 14.8. The van der Waals surface area contributed by atoms with Gasteiger partial charge in [-0.2, -0.15) is 5.10 Å². The van der Waals surface area contributed by atoms with Gasteiger partial charge in [0, 0.05) is 11.8 Å². The van der Waals surface area contributed by atoms with E-state index < -0.39 is 0 Å². The molecular formula is C21H22N2O3. The number of methoxy groups -OCH3 is 3. The van der Waals surface area contributed by atoms with Crippen LogP contribution in [0.1, 0.15) is 17.2 Å². The van der Waals surface area contributed by atoms with Crippen molar-refractivity contribution in [3.8, 4) is 28.5 Å². The normalized spacial score (nSPS) is 13.5. The van der Waals surface area contributed by atoms with Gasteiger partial charge < -0.3 is 14.2 Å². The van der Waals surface area contributed by atoms with Gasteiger partial charge in [-0.3, -0.25) is 4.68 Å². The maximum atomic E-state index is 5.60. The van der Waals surface area contributed by atoms with Crippen molar-refractivity contribution in [2.75, 3.05) is 21.3 Å². The minimum absolute atomic E-state index is 0.354. The average molecular weight is 350 g/mol. The molecule has 0 fully saturated rings. The largest absolute Gasteiger partial charge is 0.493 e. The van der Waals surface area contributed by atoms with Crippen LogP contribution in [0.3, 0.4) is 0 Å². The fourth-order valence-corrected chi connectivity index (χ4v) is 3.71. The van der Waals surface area contributed by atoms with E-state index >= 15 is 0 Å². The molecule has 0 saturated carbocycles. The third kappa shape index (κ3) is 2.69. The second-order valence-corrected chi connectivity index (χ2v) is 6.39. The summed E-state index contributed by atoms with van der Waals surface area (Å²) in [6.45, 7) is 0. The minimum atomic E-state index is 0.354. The van der Waals surface area contributed by atoms with Gasteiger partial charge in [0.15, 0.2) is 11.5 Å². The Morgan fingerprint density at radius 3 is 2.15 bits per heavy atom. The summed E-state index contributed by atoms with van der Waals surface area (Å²) in [4.78, 5) is 0. The molecule has 0 atom stereocenters. The lowest BCUT2D eigenvalue weighted by Gasteiger charge is -2.15. The predicted molar refractivity (Wildman–Crippen MR) is 100 cm³/mol. The third-order valence-corrected chi connectivity index (χ3v) is 4.99. The molecule has 0 amide bonds. The molecule has 5 heteroatoms. The van der Waals surface area contributed by atoms with E-state index in [0.29, 0.717) is 23.3 Å². The van der Waals surface area contributed by atoms with Crippen LogP contribution in [0, 0.1) is 0 Å². The highest BCUT2D eigenvalue weighted by atomic mass is 16.5. The first-order valence-electron chi connectivity index (χ1n) is 8.66. The summed E-state index contributed by atoms with van der Waals surface area (Å²) in [6.07, 6.45) is 4.07. The van der Waals surface area contributed by atoms with E-state index in [1.165, 1.54) is 11.1 Å². The first kappa shape index (κ1) is 16.5. The van der Waals surface area contributed by atoms with E-state index in [4.69, 9.17) is 19.3 Å². The molecule has 2 aromatic carbocycles. The van der Waals surface area contributed by atoms with Gasteiger partial charge in [-0.15, -0.1) is 0 Å². The number of hydrogen-bond donors (Lipinski definition) is 0. The number of benzene rings is 2. The molecule has 1 aliphatic carbocycles. The van der Waals surface area contributed by atoms with Gasteiger partial charge in [0.05, 0.1) is 33.1 Å². The third-order valence-electron chi connectivity index (χ3n) is 4.99. The van der Waals surface area contributed by atoms with Crippen molar-refractivity contribution in [1.82, 2.24) is 9.78 Å². The highest BCUT2D eigenvalue weighted by molar-refractivity contribution is 5.74. The fraction of sp³-hybridized carbons (Fsp3) is 0.286. The highest BCUT2D eigenvalue weighted by Gasteiger charge is 2.24. The molecule has 134 valence electrons. The topological polar surface area (TPSA) is 45.5 Å². The van der Waals surface area contributed by atoms with Crippen molar-refractivity contribution < 1.29 is 14.2 Å². The van der Waals surface area contributed by atoms with E-state index in [1.807, 2.05) is 24.4 Å². The van der Waals surface area contributed by atoms with Crippen molar-refractivity contribution >= 4 is 0 Å². The minimum Gasteiger partial charge on any atom is -0.493 e. The van der Waals surface area contributed by atoms with Crippen LogP contribution in [-0.2, 0) is 12.8 Å². The van der Waals surface area contributed by atoms with E-state index in [9.17, 15) is 0 Å². The van der Waals surface area contributed by atoms with Crippen molar-refractivity contribution in [3.63, 3.8) is 0 Å². The van der Waals surface area contributed by atoms with Gasteiger partial charge in [0.1, 0.15) is 0 Å². The van der Waals surface area contributed by atoms with Crippen LogP contribution in [0.5, 0.6) is 17.2 Å². The Hall–Kier alpha value is -2.95. The van der Waals surface area contributed by atoms with Crippen LogP contribution in [0.4, 0.5) is 0 Å². The maximum Gasteiger partial charge on any atom is 0.203 e. The lowest BCUT2D eigenvalue weighted by molar-refractivity contribution is 0.325. The van der Waals surface area contributed by atoms with Gasteiger partial charge in [-0.1, -0.05) is 24.3 Å². The predicted octanol–water partition coefficient (Wildman–Crippen LogP) is 3.92. The maximum absolute atomic E-state index is 5.60. The SMILES string of the molecule is COc1ccc(-c2ccn(C3Cc4ccccc4C3)n2)c(OC)c1OC. The molecule has 1 aliphatic rings. The second-order valence-electron chi connectivity index (χ2n) is 6.39. The smallest absolute Gasteiger partial charge is 0.203 e. The number of hydrogen-bond acceptors (Lipinski definition) is 4. The molecule has 0 bridgehead atoms. The highest BCUT2D eigenvalue weighted by Crippen LogP contribution is 2.44. The summed E-state index contributed by atoms with van der Waals surface area (Å²) in [7, 11) is 4.85. The van der Waals surface area contributed by atoms with Crippen molar-refractivity contribution in [3.05, 3.63) is 59.8 Å². The van der Waals surface area contributed by atoms with Crippen LogP contribution in [0.25, 0.3) is 11.3 Å². The quantitative estimate of drug-likeness (QED) is 0.700. The van der Waals surface area contributed by atoms with Gasteiger partial charge in [0.25, 0.3) is 0 Å². The number of rotatable bonds is 5. The molecule has 0 spiro atoms. The zero-order chi connectivity index (χ0) is 18.1. The summed E-state index contributed by atoms with van der Waals surface area (Å²) >= 11 is 0. The molecule has 0 saturated heterocycles. The number of nitrogens with zero attached hydrogens (tertiary/aromatic N) is 2. The molecule has 26 heavy (non-hydrogen) atoms. The summed E-state index contributed by atoms with van der Waals surface area (Å²) < 4.78 is 18.5. The monoisotopic (exact) mass is 350 g/mol. The molecular weight excluding hydrogens is 328 g/mol. The zero-order valence-electron chi connectivity index (χ0n) is 15.2. The molecule has 1 aromatic heterocycles. The lowest BCUT2D eigenvalue weighted by Crippen LogP contribution is -2.09. The van der Waals surface area contributed by atoms with Gasteiger partial charge >= 0.3 is 0 Å². The van der Waals surface area contributed by atoms with E-state index in [-0.39, 0.29) is 0 Å². The molecule has 4 rings (SSSR count). The fourth-order valence-electron chi connectivity index (χ4n) is 3.71. The van der Waals surface area contributed by atoms with E-state index in [0.717, 1.165) is 24.1 Å². The second kappa shape index (κ2) is 6.75. The van der Waals surface area contributed by atoms with Gasteiger partial charge in [0.2, 0.25) is 5.75 Å². The summed E-state index contributed by atoms with van der Waals surface area (Å²) in [5.41, 5.74) is 4.58.